The minimum atomic E-state index is -3.54. The van der Waals surface area contributed by atoms with E-state index in [9.17, 15) is 8.42 Å². The molecule has 0 saturated carbocycles. The molecule has 1 aromatic heterocycles. The van der Waals surface area contributed by atoms with Gasteiger partial charge >= 0.3 is 0 Å². The largest absolute Gasteiger partial charge is 0.464 e. The van der Waals surface area contributed by atoms with Gasteiger partial charge in [0, 0.05) is 12.6 Å². The van der Waals surface area contributed by atoms with Gasteiger partial charge in [-0.2, -0.15) is 0 Å². The van der Waals surface area contributed by atoms with Gasteiger partial charge in [-0.15, -0.1) is 0 Å². The third-order valence-electron chi connectivity index (χ3n) is 3.61. The molecule has 1 heterocycles. The molecule has 6 heteroatoms. The Balaban J connectivity index is 2.70. The smallest absolute Gasteiger partial charge is 0.244 e. The lowest BCUT2D eigenvalue weighted by atomic mass is 9.87. The first-order valence-corrected chi connectivity index (χ1v) is 8.99. The van der Waals surface area contributed by atoms with Crippen LogP contribution < -0.4 is 10.5 Å². The van der Waals surface area contributed by atoms with Gasteiger partial charge in [-0.05, 0) is 18.8 Å². The van der Waals surface area contributed by atoms with E-state index in [1.807, 2.05) is 0 Å². The number of hydrogen-bond acceptors (Lipinski definition) is 4. The first-order valence-electron chi connectivity index (χ1n) is 7.51. The van der Waals surface area contributed by atoms with Gasteiger partial charge in [0.1, 0.15) is 16.4 Å². The summed E-state index contributed by atoms with van der Waals surface area (Å²) >= 11 is 0. The monoisotopic (exact) mass is 316 g/mol. The van der Waals surface area contributed by atoms with Crippen LogP contribution in [0, 0.1) is 12.3 Å². The molecule has 122 valence electrons. The molecule has 0 atom stereocenters. The standard InChI is InChI=1S/C15H28N2O3S/c1-5-6-7-8-15(3,4)11-17-21(18,19)14-9-13(10-16)20-12(14)2/h9,17H,5-8,10-11,16H2,1-4H3. The van der Waals surface area contributed by atoms with E-state index in [1.54, 1.807) is 6.92 Å². The van der Waals surface area contributed by atoms with Gasteiger partial charge in [0.05, 0.1) is 6.54 Å². The topological polar surface area (TPSA) is 85.3 Å². The molecule has 0 amide bonds. The van der Waals surface area contributed by atoms with Crippen LogP contribution >= 0.6 is 0 Å². The van der Waals surface area contributed by atoms with Crippen molar-refractivity contribution in [3.05, 3.63) is 17.6 Å². The molecule has 0 fully saturated rings. The summed E-state index contributed by atoms with van der Waals surface area (Å²) in [4.78, 5) is 0.187. The van der Waals surface area contributed by atoms with Crippen LogP contribution in [0.4, 0.5) is 0 Å². The Morgan fingerprint density at radius 3 is 2.52 bits per heavy atom. The number of rotatable bonds is 9. The van der Waals surface area contributed by atoms with Crippen molar-refractivity contribution < 1.29 is 12.8 Å². The Morgan fingerprint density at radius 2 is 2.00 bits per heavy atom. The summed E-state index contributed by atoms with van der Waals surface area (Å²) in [5, 5.41) is 0. The van der Waals surface area contributed by atoms with Crippen molar-refractivity contribution in [3.63, 3.8) is 0 Å². The molecule has 0 spiro atoms. The quantitative estimate of drug-likeness (QED) is 0.686. The predicted molar refractivity (Wildman–Crippen MR) is 84.4 cm³/mol. The van der Waals surface area contributed by atoms with Crippen LogP contribution in [0.15, 0.2) is 15.4 Å². The summed E-state index contributed by atoms with van der Waals surface area (Å²) in [5.41, 5.74) is 5.42. The fourth-order valence-electron chi connectivity index (χ4n) is 2.20. The minimum Gasteiger partial charge on any atom is -0.464 e. The third-order valence-corrected chi connectivity index (χ3v) is 5.12. The maximum atomic E-state index is 12.3. The van der Waals surface area contributed by atoms with Gasteiger partial charge < -0.3 is 10.2 Å². The summed E-state index contributed by atoms with van der Waals surface area (Å²) < 4.78 is 32.7. The van der Waals surface area contributed by atoms with E-state index in [-0.39, 0.29) is 16.9 Å². The Hall–Kier alpha value is -0.850. The van der Waals surface area contributed by atoms with Crippen LogP contribution in [0.1, 0.15) is 58.0 Å². The molecule has 1 aromatic rings. The van der Waals surface area contributed by atoms with Crippen molar-refractivity contribution in [2.45, 2.75) is 64.8 Å². The molecule has 0 saturated heterocycles. The molecule has 5 nitrogen and oxygen atoms in total. The normalized spacial score (nSPS) is 12.8. The zero-order valence-corrected chi connectivity index (χ0v) is 14.3. The average molecular weight is 316 g/mol. The molecule has 0 aliphatic rings. The summed E-state index contributed by atoms with van der Waals surface area (Å²) in [6.45, 7) is 8.57. The molecule has 0 aromatic carbocycles. The number of hydrogen-bond donors (Lipinski definition) is 2. The number of nitrogens with one attached hydrogen (secondary N) is 1. The summed E-state index contributed by atoms with van der Waals surface area (Å²) in [5.74, 6) is 0.863. The number of aryl methyl sites for hydroxylation is 1. The van der Waals surface area contributed by atoms with Crippen molar-refractivity contribution in [2.24, 2.45) is 11.1 Å². The maximum Gasteiger partial charge on any atom is 0.244 e. The van der Waals surface area contributed by atoms with Crippen molar-refractivity contribution in [2.75, 3.05) is 6.54 Å². The molecule has 0 aliphatic carbocycles. The van der Waals surface area contributed by atoms with E-state index in [0.717, 1.165) is 19.3 Å². The first-order chi connectivity index (χ1) is 9.72. The van der Waals surface area contributed by atoms with E-state index < -0.39 is 10.0 Å². The lowest BCUT2D eigenvalue weighted by molar-refractivity contribution is 0.320. The molecule has 3 N–H and O–H groups in total. The SMILES string of the molecule is CCCCCC(C)(C)CNS(=O)(=O)c1cc(CN)oc1C. The van der Waals surface area contributed by atoms with Crippen LogP contribution in [0.5, 0.6) is 0 Å². The molecule has 1 rings (SSSR count). The Kier molecular flexibility index (Phi) is 6.43. The van der Waals surface area contributed by atoms with Gasteiger partial charge in [0.2, 0.25) is 10.0 Å². The predicted octanol–water partition coefficient (Wildman–Crippen LogP) is 2.93. The molecule has 0 aliphatic heterocycles. The summed E-state index contributed by atoms with van der Waals surface area (Å²) in [6.07, 6.45) is 4.46. The van der Waals surface area contributed by atoms with Crippen LogP contribution in [0.25, 0.3) is 0 Å². The highest BCUT2D eigenvalue weighted by Gasteiger charge is 2.25. The fraction of sp³-hybridized carbons (Fsp3) is 0.733. The Morgan fingerprint density at radius 1 is 1.33 bits per heavy atom. The second-order valence-electron chi connectivity index (χ2n) is 6.28. The molecule has 0 unspecified atom stereocenters. The third kappa shape index (κ3) is 5.45. The van der Waals surface area contributed by atoms with E-state index >= 15 is 0 Å². The van der Waals surface area contributed by atoms with E-state index in [4.69, 9.17) is 10.2 Å². The van der Waals surface area contributed by atoms with Crippen LogP contribution in [-0.2, 0) is 16.6 Å². The van der Waals surface area contributed by atoms with Crippen LogP contribution in [0.2, 0.25) is 0 Å². The second kappa shape index (κ2) is 7.42. The first kappa shape index (κ1) is 18.2. The lowest BCUT2D eigenvalue weighted by Crippen LogP contribution is -2.34. The molecule has 21 heavy (non-hydrogen) atoms. The van der Waals surface area contributed by atoms with Crippen LogP contribution in [0.3, 0.4) is 0 Å². The van der Waals surface area contributed by atoms with Gasteiger partial charge in [0.25, 0.3) is 0 Å². The highest BCUT2D eigenvalue weighted by Crippen LogP contribution is 2.25. The Labute approximate surface area is 128 Å². The van der Waals surface area contributed by atoms with Crippen molar-refractivity contribution in [1.29, 1.82) is 0 Å². The highest BCUT2D eigenvalue weighted by molar-refractivity contribution is 7.89. The van der Waals surface area contributed by atoms with Gasteiger partial charge in [0.15, 0.2) is 0 Å². The van der Waals surface area contributed by atoms with Crippen molar-refractivity contribution in [3.8, 4) is 0 Å². The molecular weight excluding hydrogens is 288 g/mol. The zero-order valence-electron chi connectivity index (χ0n) is 13.5. The molecular formula is C15H28N2O3S. The van der Waals surface area contributed by atoms with E-state index in [2.05, 4.69) is 25.5 Å². The Bertz CT molecular complexity index is 547. The maximum absolute atomic E-state index is 12.3. The number of sulfonamides is 1. The van der Waals surface area contributed by atoms with Crippen LogP contribution in [-0.4, -0.2) is 15.0 Å². The lowest BCUT2D eigenvalue weighted by Gasteiger charge is -2.24. The van der Waals surface area contributed by atoms with Crippen molar-refractivity contribution >= 4 is 10.0 Å². The second-order valence-corrected chi connectivity index (χ2v) is 8.02. The van der Waals surface area contributed by atoms with E-state index in [1.165, 1.54) is 12.5 Å². The minimum absolute atomic E-state index is 0.0590. The fourth-order valence-corrected chi connectivity index (χ4v) is 3.64. The molecule has 0 bridgehead atoms. The van der Waals surface area contributed by atoms with E-state index in [0.29, 0.717) is 18.1 Å². The zero-order chi connectivity index (χ0) is 16.1. The summed E-state index contributed by atoms with van der Waals surface area (Å²) in [7, 11) is -3.54. The van der Waals surface area contributed by atoms with Gasteiger partial charge in [-0.25, -0.2) is 13.1 Å². The number of furan rings is 1. The average Bonchev–Trinajstić information content (AvgIpc) is 2.79. The number of unbranched alkanes of at least 4 members (excludes halogenated alkanes) is 2. The van der Waals surface area contributed by atoms with Gasteiger partial charge in [-0.1, -0.05) is 40.0 Å². The summed E-state index contributed by atoms with van der Waals surface area (Å²) in [6, 6.07) is 1.50. The molecule has 0 radical (unpaired) electrons. The number of nitrogens with two attached hydrogens (primary N) is 1. The van der Waals surface area contributed by atoms with Crippen molar-refractivity contribution in [1.82, 2.24) is 4.72 Å². The van der Waals surface area contributed by atoms with Gasteiger partial charge in [-0.3, -0.25) is 0 Å². The highest BCUT2D eigenvalue weighted by atomic mass is 32.2.